The van der Waals surface area contributed by atoms with Crippen LogP contribution in [-0.2, 0) is 4.79 Å². The van der Waals surface area contributed by atoms with Gasteiger partial charge in [-0.15, -0.1) is 0 Å². The van der Waals surface area contributed by atoms with Gasteiger partial charge in [0.2, 0.25) is 5.91 Å². The molecule has 1 aliphatic rings. The van der Waals surface area contributed by atoms with Crippen molar-refractivity contribution in [2.75, 3.05) is 5.32 Å². The van der Waals surface area contributed by atoms with Crippen molar-refractivity contribution in [2.24, 2.45) is 0 Å². The minimum absolute atomic E-state index is 0.0335. The van der Waals surface area contributed by atoms with Crippen molar-refractivity contribution in [3.63, 3.8) is 0 Å². The Bertz CT molecular complexity index is 958. The number of carbonyl (C=O) groups excluding carboxylic acids is 1. The maximum Gasteiger partial charge on any atom is 0.247 e. The molecule has 0 atom stereocenters. The molecule has 0 bridgehead atoms. The predicted molar refractivity (Wildman–Crippen MR) is 124 cm³/mol. The van der Waals surface area contributed by atoms with Crippen LogP contribution in [0.3, 0.4) is 0 Å². The first-order valence-electron chi connectivity index (χ1n) is 11.0. The number of hydrogen-bond donors (Lipinski definition) is 2. The highest BCUT2D eigenvalue weighted by molar-refractivity contribution is 5.97. The molecule has 166 valence electrons. The molecular weight excluding hydrogens is 394 g/mol. The van der Waals surface area contributed by atoms with Crippen molar-refractivity contribution in [3.05, 3.63) is 58.2 Å². The number of anilines is 1. The smallest absolute Gasteiger partial charge is 0.247 e. The molecule has 3 nitrogen and oxygen atoms in total. The van der Waals surface area contributed by atoms with E-state index in [4.69, 9.17) is 0 Å². The summed E-state index contributed by atoms with van der Waals surface area (Å²) in [5.74, 6) is -1.25. The van der Waals surface area contributed by atoms with E-state index in [9.17, 15) is 4.79 Å². The van der Waals surface area contributed by atoms with E-state index < -0.39 is 11.6 Å². The summed E-state index contributed by atoms with van der Waals surface area (Å²) in [6.07, 6.45) is 6.26. The highest BCUT2D eigenvalue weighted by atomic mass is 19.1. The highest BCUT2D eigenvalue weighted by Gasteiger charge is 2.21. The van der Waals surface area contributed by atoms with Crippen LogP contribution in [0.4, 0.5) is 14.5 Å². The van der Waals surface area contributed by atoms with Crippen molar-refractivity contribution in [1.29, 1.82) is 0 Å². The van der Waals surface area contributed by atoms with E-state index in [0.717, 1.165) is 5.69 Å². The Kier molecular flexibility index (Phi) is 7.14. The van der Waals surface area contributed by atoms with Gasteiger partial charge in [0.25, 0.3) is 0 Å². The molecule has 1 amide bonds. The summed E-state index contributed by atoms with van der Waals surface area (Å²) in [5, 5.41) is 6.28. The number of nitrogens with one attached hydrogen (secondary N) is 2. The maximum absolute atomic E-state index is 15.4. The van der Waals surface area contributed by atoms with Gasteiger partial charge in [-0.1, -0.05) is 25.0 Å². The summed E-state index contributed by atoms with van der Waals surface area (Å²) < 4.78 is 30.6. The molecule has 0 aliphatic heterocycles. The Morgan fingerprint density at radius 1 is 1.03 bits per heavy atom. The van der Waals surface area contributed by atoms with Crippen LogP contribution < -0.4 is 10.6 Å². The van der Waals surface area contributed by atoms with E-state index in [1.165, 1.54) is 31.8 Å². The standard InChI is InChI=1S/C26H32F2N2O/c1-15(2)29-26(31)16(3)14-22-17(4)25(28)23(18(5)24(22)27)19-10-12-21(13-11-19)30-20-8-6-7-9-20/h10-15,20,30H,6-9H2,1-5H3,(H,29,31). The van der Waals surface area contributed by atoms with E-state index in [1.807, 2.05) is 38.1 Å². The van der Waals surface area contributed by atoms with Gasteiger partial charge in [-0.2, -0.15) is 0 Å². The number of benzene rings is 2. The van der Waals surface area contributed by atoms with Gasteiger partial charge in [-0.3, -0.25) is 4.79 Å². The van der Waals surface area contributed by atoms with Gasteiger partial charge in [0.15, 0.2) is 0 Å². The summed E-state index contributed by atoms with van der Waals surface area (Å²) in [6.45, 7) is 8.44. The molecule has 5 heteroatoms. The van der Waals surface area contributed by atoms with Gasteiger partial charge >= 0.3 is 0 Å². The maximum atomic E-state index is 15.4. The molecule has 3 rings (SSSR count). The van der Waals surface area contributed by atoms with E-state index in [0.29, 0.717) is 17.2 Å². The average Bonchev–Trinajstić information content (AvgIpc) is 3.23. The molecule has 0 spiro atoms. The second kappa shape index (κ2) is 9.63. The first-order valence-corrected chi connectivity index (χ1v) is 11.0. The summed E-state index contributed by atoms with van der Waals surface area (Å²) >= 11 is 0. The van der Waals surface area contributed by atoms with Crippen molar-refractivity contribution < 1.29 is 13.6 Å². The van der Waals surface area contributed by atoms with Crippen LogP contribution in [0, 0.1) is 25.5 Å². The Morgan fingerprint density at radius 2 is 1.65 bits per heavy atom. The van der Waals surface area contributed by atoms with E-state index in [-0.39, 0.29) is 34.2 Å². The highest BCUT2D eigenvalue weighted by Crippen LogP contribution is 2.35. The van der Waals surface area contributed by atoms with Gasteiger partial charge in [0, 0.05) is 34.5 Å². The Balaban J connectivity index is 1.93. The Labute approximate surface area is 183 Å². The van der Waals surface area contributed by atoms with Crippen LogP contribution in [0.5, 0.6) is 0 Å². The summed E-state index contributed by atoms with van der Waals surface area (Å²) in [6, 6.07) is 7.97. The lowest BCUT2D eigenvalue weighted by atomic mass is 9.92. The molecule has 0 radical (unpaired) electrons. The monoisotopic (exact) mass is 426 g/mol. The van der Waals surface area contributed by atoms with Crippen molar-refractivity contribution in [2.45, 2.75) is 72.4 Å². The molecule has 0 saturated heterocycles. The largest absolute Gasteiger partial charge is 0.382 e. The van der Waals surface area contributed by atoms with Gasteiger partial charge in [0.05, 0.1) is 0 Å². The fourth-order valence-corrected chi connectivity index (χ4v) is 4.16. The molecular formula is C26H32F2N2O. The van der Waals surface area contributed by atoms with Crippen LogP contribution in [-0.4, -0.2) is 18.0 Å². The normalized spacial score (nSPS) is 14.9. The SMILES string of the molecule is CC(=Cc1c(C)c(F)c(-c2ccc(NC3CCCC3)cc2)c(C)c1F)C(=O)NC(C)C. The van der Waals surface area contributed by atoms with Gasteiger partial charge in [0.1, 0.15) is 11.6 Å². The lowest BCUT2D eigenvalue weighted by molar-refractivity contribution is -0.117. The van der Waals surface area contributed by atoms with Gasteiger partial charge in [-0.25, -0.2) is 8.78 Å². The molecule has 1 aliphatic carbocycles. The summed E-state index contributed by atoms with van der Waals surface area (Å²) in [5.41, 5.74) is 2.80. The number of hydrogen-bond acceptors (Lipinski definition) is 2. The van der Waals surface area contributed by atoms with E-state index in [1.54, 1.807) is 20.8 Å². The zero-order valence-corrected chi connectivity index (χ0v) is 19.0. The van der Waals surface area contributed by atoms with Gasteiger partial charge in [-0.05, 0) is 82.4 Å². The second-order valence-corrected chi connectivity index (χ2v) is 8.83. The summed E-state index contributed by atoms with van der Waals surface area (Å²) in [4.78, 5) is 12.2. The van der Waals surface area contributed by atoms with Crippen LogP contribution >= 0.6 is 0 Å². The van der Waals surface area contributed by atoms with Crippen molar-refractivity contribution >= 4 is 17.7 Å². The topological polar surface area (TPSA) is 41.1 Å². The third-order valence-corrected chi connectivity index (χ3v) is 5.93. The molecule has 2 aromatic carbocycles. The predicted octanol–water partition coefficient (Wildman–Crippen LogP) is 6.53. The van der Waals surface area contributed by atoms with Crippen LogP contribution in [0.2, 0.25) is 0 Å². The quantitative estimate of drug-likeness (QED) is 0.516. The first kappa shape index (κ1) is 23.0. The molecule has 1 saturated carbocycles. The average molecular weight is 427 g/mol. The Morgan fingerprint density at radius 3 is 2.23 bits per heavy atom. The zero-order chi connectivity index (χ0) is 22.7. The van der Waals surface area contributed by atoms with Gasteiger partial charge < -0.3 is 10.6 Å². The molecule has 2 aromatic rings. The number of carbonyl (C=O) groups is 1. The molecule has 2 N–H and O–H groups in total. The number of halogens is 2. The molecule has 0 heterocycles. The number of amides is 1. The Hall–Kier alpha value is -2.69. The van der Waals surface area contributed by atoms with E-state index in [2.05, 4.69) is 10.6 Å². The minimum Gasteiger partial charge on any atom is -0.382 e. The fourth-order valence-electron chi connectivity index (χ4n) is 4.16. The third-order valence-electron chi connectivity index (χ3n) is 5.93. The lowest BCUT2D eigenvalue weighted by Crippen LogP contribution is -2.30. The second-order valence-electron chi connectivity index (χ2n) is 8.83. The molecule has 0 unspecified atom stereocenters. The lowest BCUT2D eigenvalue weighted by Gasteiger charge is -2.17. The van der Waals surface area contributed by atoms with Crippen LogP contribution in [0.1, 0.15) is 63.1 Å². The summed E-state index contributed by atoms with van der Waals surface area (Å²) in [7, 11) is 0. The molecule has 0 aromatic heterocycles. The van der Waals surface area contributed by atoms with Crippen molar-refractivity contribution in [1.82, 2.24) is 5.32 Å². The first-order chi connectivity index (χ1) is 14.7. The van der Waals surface area contributed by atoms with Crippen LogP contribution in [0.25, 0.3) is 17.2 Å². The van der Waals surface area contributed by atoms with Crippen molar-refractivity contribution in [3.8, 4) is 11.1 Å². The third kappa shape index (κ3) is 5.15. The number of rotatable bonds is 6. The fraction of sp³-hybridized carbons (Fsp3) is 0.423. The van der Waals surface area contributed by atoms with Crippen LogP contribution in [0.15, 0.2) is 29.8 Å². The minimum atomic E-state index is -0.501. The zero-order valence-electron chi connectivity index (χ0n) is 19.0. The molecule has 31 heavy (non-hydrogen) atoms. The van der Waals surface area contributed by atoms with E-state index >= 15 is 8.78 Å². The molecule has 1 fully saturated rings.